The Labute approximate surface area is 163 Å². The monoisotopic (exact) mass is 379 g/mol. The Morgan fingerprint density at radius 2 is 1.86 bits per heavy atom. The van der Waals surface area contributed by atoms with E-state index in [2.05, 4.69) is 0 Å². The molecule has 2 aromatic carbocycles. The summed E-state index contributed by atoms with van der Waals surface area (Å²) in [5.41, 5.74) is 3.63. The van der Waals surface area contributed by atoms with Crippen LogP contribution in [0.15, 0.2) is 53.7 Å². The molecule has 1 amide bonds. The number of carbonyl (C=O) groups excluding carboxylic acids is 2. The molecule has 6 heteroatoms. The zero-order valence-electron chi connectivity index (χ0n) is 16.0. The summed E-state index contributed by atoms with van der Waals surface area (Å²) in [5.74, 6) is 0.164. The number of methoxy groups -OCH3 is 2. The molecule has 144 valence electrons. The molecule has 2 heterocycles. The molecule has 1 atom stereocenters. The molecule has 0 unspecified atom stereocenters. The molecule has 4 rings (SSSR count). The van der Waals surface area contributed by atoms with Crippen molar-refractivity contribution in [2.45, 2.75) is 19.3 Å². The summed E-state index contributed by atoms with van der Waals surface area (Å²) in [7, 11) is 3.11. The first-order chi connectivity index (χ1) is 13.5. The van der Waals surface area contributed by atoms with Crippen LogP contribution in [-0.2, 0) is 14.3 Å². The molecule has 0 N–H and O–H groups in total. The topological polar surface area (TPSA) is 65.1 Å². The van der Waals surface area contributed by atoms with E-state index in [9.17, 15) is 9.59 Å². The third-order valence-electron chi connectivity index (χ3n) is 5.19. The summed E-state index contributed by atoms with van der Waals surface area (Å²) in [6.45, 7) is 2.05. The van der Waals surface area contributed by atoms with Gasteiger partial charge in [0.15, 0.2) is 11.5 Å². The second-order valence-electron chi connectivity index (χ2n) is 6.84. The number of cyclic esters (lactones) is 1. The fraction of sp³-hybridized carbons (Fsp3) is 0.273. The van der Waals surface area contributed by atoms with Crippen LogP contribution in [-0.4, -0.2) is 32.7 Å². The van der Waals surface area contributed by atoms with Crippen molar-refractivity contribution in [2.24, 2.45) is 0 Å². The van der Waals surface area contributed by atoms with Crippen LogP contribution in [0, 0.1) is 6.92 Å². The number of anilines is 1. The van der Waals surface area contributed by atoms with E-state index in [1.54, 1.807) is 25.2 Å². The van der Waals surface area contributed by atoms with Crippen molar-refractivity contribution in [1.29, 1.82) is 0 Å². The SMILES string of the molecule is COc1cccc([C@H]2CC(=O)N(c3cccc(C)c3)C3=C2C(=O)OC3)c1OC. The number of nitrogens with zero attached hydrogens (tertiary/aromatic N) is 1. The molecule has 0 saturated carbocycles. The van der Waals surface area contributed by atoms with Gasteiger partial charge in [0.1, 0.15) is 6.61 Å². The second kappa shape index (κ2) is 7.03. The van der Waals surface area contributed by atoms with Gasteiger partial charge in [-0.3, -0.25) is 9.69 Å². The van der Waals surface area contributed by atoms with E-state index in [0.717, 1.165) is 16.8 Å². The third kappa shape index (κ3) is 2.81. The number of hydrogen-bond acceptors (Lipinski definition) is 5. The van der Waals surface area contributed by atoms with Gasteiger partial charge in [0, 0.05) is 23.6 Å². The van der Waals surface area contributed by atoms with Crippen molar-refractivity contribution in [1.82, 2.24) is 0 Å². The highest BCUT2D eigenvalue weighted by Gasteiger charge is 2.44. The molecule has 0 aliphatic carbocycles. The van der Waals surface area contributed by atoms with E-state index < -0.39 is 11.9 Å². The van der Waals surface area contributed by atoms with E-state index in [0.29, 0.717) is 22.8 Å². The number of benzene rings is 2. The Kier molecular flexibility index (Phi) is 4.55. The lowest BCUT2D eigenvalue weighted by Gasteiger charge is -2.32. The van der Waals surface area contributed by atoms with Gasteiger partial charge in [-0.05, 0) is 30.7 Å². The lowest BCUT2D eigenvalue weighted by Crippen LogP contribution is -2.37. The van der Waals surface area contributed by atoms with Crippen molar-refractivity contribution in [3.05, 3.63) is 64.9 Å². The number of hydrogen-bond donors (Lipinski definition) is 0. The molecule has 0 bridgehead atoms. The number of carbonyl (C=O) groups is 2. The Bertz CT molecular complexity index is 994. The van der Waals surface area contributed by atoms with Crippen molar-refractivity contribution in [3.63, 3.8) is 0 Å². The third-order valence-corrected chi connectivity index (χ3v) is 5.19. The van der Waals surface area contributed by atoms with Crippen LogP contribution in [0.25, 0.3) is 0 Å². The van der Waals surface area contributed by atoms with E-state index in [-0.39, 0.29) is 18.9 Å². The van der Waals surface area contributed by atoms with Crippen LogP contribution in [0.2, 0.25) is 0 Å². The Morgan fingerprint density at radius 3 is 2.57 bits per heavy atom. The zero-order chi connectivity index (χ0) is 19.8. The number of para-hydroxylation sites is 1. The molecule has 2 aliphatic heterocycles. The lowest BCUT2D eigenvalue weighted by atomic mass is 9.83. The minimum absolute atomic E-state index is 0.0800. The van der Waals surface area contributed by atoms with Gasteiger partial charge in [-0.1, -0.05) is 24.3 Å². The molecule has 0 saturated heterocycles. The van der Waals surface area contributed by atoms with Gasteiger partial charge in [-0.25, -0.2) is 4.79 Å². The van der Waals surface area contributed by atoms with Gasteiger partial charge < -0.3 is 14.2 Å². The van der Waals surface area contributed by atoms with Crippen LogP contribution < -0.4 is 14.4 Å². The molecule has 0 aromatic heterocycles. The second-order valence-corrected chi connectivity index (χ2v) is 6.84. The molecule has 0 spiro atoms. The maximum absolute atomic E-state index is 13.1. The standard InChI is InChI=1S/C22H21NO5/c1-13-6-4-7-14(10-13)23-17-12-28-22(25)20(17)16(11-19(23)24)15-8-5-9-18(26-2)21(15)27-3/h4-10,16H,11-12H2,1-3H3/t16-/m1/s1. The van der Waals surface area contributed by atoms with Gasteiger partial charge in [0.2, 0.25) is 5.91 Å². The quantitative estimate of drug-likeness (QED) is 0.763. The normalized spacial score (nSPS) is 18.8. The lowest BCUT2D eigenvalue weighted by molar-refractivity contribution is -0.136. The summed E-state index contributed by atoms with van der Waals surface area (Å²) in [4.78, 5) is 27.4. The van der Waals surface area contributed by atoms with Crippen molar-refractivity contribution in [3.8, 4) is 11.5 Å². The van der Waals surface area contributed by atoms with Crippen LogP contribution in [0.4, 0.5) is 5.69 Å². The number of ether oxygens (including phenoxy) is 3. The average Bonchev–Trinajstić information content (AvgIpc) is 3.08. The predicted octanol–water partition coefficient (Wildman–Crippen LogP) is 3.34. The summed E-state index contributed by atoms with van der Waals surface area (Å²) in [6, 6.07) is 13.1. The summed E-state index contributed by atoms with van der Waals surface area (Å²) in [5, 5.41) is 0. The smallest absolute Gasteiger partial charge is 0.336 e. The van der Waals surface area contributed by atoms with Gasteiger partial charge >= 0.3 is 5.97 Å². The minimum atomic E-state index is -0.441. The van der Waals surface area contributed by atoms with Crippen LogP contribution in [0.3, 0.4) is 0 Å². The van der Waals surface area contributed by atoms with Gasteiger partial charge in [0.05, 0.1) is 25.5 Å². The molecule has 0 radical (unpaired) electrons. The van der Waals surface area contributed by atoms with E-state index in [4.69, 9.17) is 14.2 Å². The molecule has 6 nitrogen and oxygen atoms in total. The molecular weight excluding hydrogens is 358 g/mol. The molecule has 2 aliphatic rings. The fourth-order valence-electron chi connectivity index (χ4n) is 3.97. The fourth-order valence-corrected chi connectivity index (χ4v) is 3.97. The molecule has 28 heavy (non-hydrogen) atoms. The van der Waals surface area contributed by atoms with E-state index in [1.807, 2.05) is 43.3 Å². The first kappa shape index (κ1) is 18.1. The maximum Gasteiger partial charge on any atom is 0.336 e. The average molecular weight is 379 g/mol. The highest BCUT2D eigenvalue weighted by molar-refractivity contribution is 6.06. The van der Waals surface area contributed by atoms with E-state index >= 15 is 0 Å². The highest BCUT2D eigenvalue weighted by Crippen LogP contribution is 2.46. The van der Waals surface area contributed by atoms with Crippen LogP contribution >= 0.6 is 0 Å². The molecule has 0 fully saturated rings. The largest absolute Gasteiger partial charge is 0.493 e. The number of aryl methyl sites for hydroxylation is 1. The summed E-state index contributed by atoms with van der Waals surface area (Å²) in [6.07, 6.45) is 0.144. The molecular formula is C22H21NO5. The van der Waals surface area contributed by atoms with E-state index in [1.165, 1.54) is 0 Å². The van der Waals surface area contributed by atoms with Crippen LogP contribution in [0.1, 0.15) is 23.5 Å². The number of rotatable bonds is 4. The van der Waals surface area contributed by atoms with Crippen molar-refractivity contribution >= 4 is 17.6 Å². The number of esters is 1. The van der Waals surface area contributed by atoms with Gasteiger partial charge in [0.25, 0.3) is 0 Å². The predicted molar refractivity (Wildman–Crippen MR) is 104 cm³/mol. The Balaban J connectivity index is 1.87. The highest BCUT2D eigenvalue weighted by atomic mass is 16.5. The number of amides is 1. The van der Waals surface area contributed by atoms with Crippen molar-refractivity contribution < 1.29 is 23.8 Å². The Hall–Kier alpha value is -3.28. The van der Waals surface area contributed by atoms with Gasteiger partial charge in [-0.15, -0.1) is 0 Å². The maximum atomic E-state index is 13.1. The van der Waals surface area contributed by atoms with Crippen LogP contribution in [0.5, 0.6) is 11.5 Å². The minimum Gasteiger partial charge on any atom is -0.493 e. The zero-order valence-corrected chi connectivity index (χ0v) is 16.0. The van der Waals surface area contributed by atoms with Gasteiger partial charge in [-0.2, -0.15) is 0 Å². The first-order valence-electron chi connectivity index (χ1n) is 9.05. The Morgan fingerprint density at radius 1 is 1.07 bits per heavy atom. The summed E-state index contributed by atoms with van der Waals surface area (Å²) >= 11 is 0. The summed E-state index contributed by atoms with van der Waals surface area (Å²) < 4.78 is 16.3. The molecule has 2 aromatic rings. The van der Waals surface area contributed by atoms with Crippen molar-refractivity contribution in [2.75, 3.05) is 25.7 Å². The first-order valence-corrected chi connectivity index (χ1v) is 9.05.